The zero-order valence-corrected chi connectivity index (χ0v) is 9.24. The lowest BCUT2D eigenvalue weighted by atomic mass is 10.2. The van der Waals surface area contributed by atoms with Gasteiger partial charge in [0.05, 0.1) is 6.54 Å². The first kappa shape index (κ1) is 10.6. The van der Waals surface area contributed by atoms with Crippen LogP contribution in [0.1, 0.15) is 17.2 Å². The van der Waals surface area contributed by atoms with Gasteiger partial charge >= 0.3 is 0 Å². The van der Waals surface area contributed by atoms with Crippen LogP contribution in [-0.2, 0) is 6.54 Å². The van der Waals surface area contributed by atoms with Crippen LogP contribution in [0.15, 0.2) is 18.2 Å². The van der Waals surface area contributed by atoms with Crippen molar-refractivity contribution in [1.82, 2.24) is 14.8 Å². The van der Waals surface area contributed by atoms with Gasteiger partial charge in [-0.25, -0.2) is 14.1 Å². The van der Waals surface area contributed by atoms with Crippen LogP contribution < -0.4 is 5.73 Å². The molecular formula is C11H13FN4. The molecule has 1 heterocycles. The number of aryl methyl sites for hydroxylation is 2. The van der Waals surface area contributed by atoms with E-state index < -0.39 is 0 Å². The van der Waals surface area contributed by atoms with Crippen molar-refractivity contribution in [3.05, 3.63) is 41.2 Å². The van der Waals surface area contributed by atoms with Gasteiger partial charge in [-0.05, 0) is 37.6 Å². The van der Waals surface area contributed by atoms with Crippen molar-refractivity contribution < 1.29 is 4.39 Å². The predicted molar refractivity (Wildman–Crippen MR) is 59.4 cm³/mol. The van der Waals surface area contributed by atoms with E-state index in [1.54, 1.807) is 10.7 Å². The first-order valence-corrected chi connectivity index (χ1v) is 4.97. The molecule has 0 spiro atoms. The second-order valence-corrected chi connectivity index (χ2v) is 3.76. The lowest BCUT2D eigenvalue weighted by molar-refractivity contribution is 0.616. The maximum absolute atomic E-state index is 13.1. The van der Waals surface area contributed by atoms with E-state index in [0.29, 0.717) is 18.1 Å². The fourth-order valence-electron chi connectivity index (χ4n) is 1.65. The summed E-state index contributed by atoms with van der Waals surface area (Å²) in [5, 5.41) is 4.21. The molecule has 0 aliphatic rings. The number of nitrogen functional groups attached to an aromatic ring is 1. The average Bonchev–Trinajstić information content (AvgIpc) is 2.43. The van der Waals surface area contributed by atoms with Crippen molar-refractivity contribution in [2.24, 2.45) is 0 Å². The van der Waals surface area contributed by atoms with Gasteiger partial charge in [0.1, 0.15) is 17.5 Å². The highest BCUT2D eigenvalue weighted by molar-refractivity contribution is 5.41. The summed E-state index contributed by atoms with van der Waals surface area (Å²) in [5.74, 6) is 1.19. The van der Waals surface area contributed by atoms with Gasteiger partial charge in [0, 0.05) is 5.69 Å². The summed E-state index contributed by atoms with van der Waals surface area (Å²) in [6.07, 6.45) is 0. The lowest BCUT2D eigenvalue weighted by Gasteiger charge is -2.04. The van der Waals surface area contributed by atoms with Crippen LogP contribution in [0.5, 0.6) is 0 Å². The second kappa shape index (κ2) is 3.92. The number of rotatable bonds is 2. The van der Waals surface area contributed by atoms with Gasteiger partial charge < -0.3 is 5.73 Å². The van der Waals surface area contributed by atoms with Crippen LogP contribution >= 0.6 is 0 Å². The summed E-state index contributed by atoms with van der Waals surface area (Å²) < 4.78 is 14.8. The monoisotopic (exact) mass is 220 g/mol. The Morgan fingerprint density at radius 3 is 2.62 bits per heavy atom. The van der Waals surface area contributed by atoms with E-state index >= 15 is 0 Å². The van der Waals surface area contributed by atoms with E-state index in [4.69, 9.17) is 5.73 Å². The molecule has 0 radical (unpaired) electrons. The normalized spacial score (nSPS) is 10.7. The molecule has 0 fully saturated rings. The fraction of sp³-hybridized carbons (Fsp3) is 0.273. The number of nitrogens with two attached hydrogens (primary N) is 1. The highest BCUT2D eigenvalue weighted by Gasteiger charge is 2.05. The molecule has 2 aromatic rings. The average molecular weight is 220 g/mol. The van der Waals surface area contributed by atoms with Gasteiger partial charge in [-0.3, -0.25) is 0 Å². The Kier molecular flexibility index (Phi) is 2.60. The van der Waals surface area contributed by atoms with Crippen LogP contribution in [0.2, 0.25) is 0 Å². The Hall–Kier alpha value is -1.91. The molecule has 84 valence electrons. The minimum absolute atomic E-state index is 0.329. The molecule has 0 aliphatic heterocycles. The molecule has 0 unspecified atom stereocenters. The summed E-state index contributed by atoms with van der Waals surface area (Å²) in [7, 11) is 0. The molecule has 4 nitrogen and oxygen atoms in total. The van der Waals surface area contributed by atoms with Crippen molar-refractivity contribution in [2.75, 3.05) is 5.73 Å². The minimum atomic E-state index is -0.329. The molecule has 0 bridgehead atoms. The summed E-state index contributed by atoms with van der Waals surface area (Å²) in [6.45, 7) is 4.17. The van der Waals surface area contributed by atoms with Crippen molar-refractivity contribution in [3.63, 3.8) is 0 Å². The number of hydrogen-bond donors (Lipinski definition) is 1. The number of benzene rings is 1. The van der Waals surface area contributed by atoms with E-state index in [1.807, 2.05) is 13.8 Å². The standard InChI is InChI=1S/C11H13FN4/c1-7-14-8(2)16(15-7)6-9-3-10(12)5-11(13)4-9/h3-5H,6,13H2,1-2H3. The maximum Gasteiger partial charge on any atom is 0.147 e. The molecule has 0 saturated heterocycles. The molecule has 1 aromatic carbocycles. The molecular weight excluding hydrogens is 207 g/mol. The van der Waals surface area contributed by atoms with Gasteiger partial charge in [-0.1, -0.05) is 0 Å². The van der Waals surface area contributed by atoms with Gasteiger partial charge in [0.15, 0.2) is 0 Å². The number of halogens is 1. The zero-order valence-electron chi connectivity index (χ0n) is 9.24. The molecule has 2 rings (SSSR count). The van der Waals surface area contributed by atoms with Crippen LogP contribution in [0.25, 0.3) is 0 Å². The smallest absolute Gasteiger partial charge is 0.147 e. The van der Waals surface area contributed by atoms with Gasteiger partial charge in [0.25, 0.3) is 0 Å². The van der Waals surface area contributed by atoms with Crippen LogP contribution in [0.3, 0.4) is 0 Å². The first-order valence-electron chi connectivity index (χ1n) is 4.97. The Labute approximate surface area is 92.9 Å². The summed E-state index contributed by atoms with van der Waals surface area (Å²) >= 11 is 0. The van der Waals surface area contributed by atoms with E-state index in [-0.39, 0.29) is 5.82 Å². The van der Waals surface area contributed by atoms with Gasteiger partial charge in [-0.2, -0.15) is 5.10 Å². The van der Waals surface area contributed by atoms with Gasteiger partial charge in [-0.15, -0.1) is 0 Å². The Morgan fingerprint density at radius 2 is 2.06 bits per heavy atom. The Morgan fingerprint density at radius 1 is 1.31 bits per heavy atom. The molecule has 5 heteroatoms. The highest BCUT2D eigenvalue weighted by Crippen LogP contribution is 2.12. The van der Waals surface area contributed by atoms with Crippen LogP contribution in [0, 0.1) is 19.7 Å². The molecule has 2 N–H and O–H groups in total. The van der Waals surface area contributed by atoms with E-state index in [0.717, 1.165) is 11.4 Å². The molecule has 0 aliphatic carbocycles. The third kappa shape index (κ3) is 2.18. The minimum Gasteiger partial charge on any atom is -0.399 e. The van der Waals surface area contributed by atoms with Crippen LogP contribution in [0.4, 0.5) is 10.1 Å². The van der Waals surface area contributed by atoms with E-state index in [9.17, 15) is 4.39 Å². The molecule has 0 atom stereocenters. The van der Waals surface area contributed by atoms with Crippen molar-refractivity contribution >= 4 is 5.69 Å². The van der Waals surface area contributed by atoms with E-state index in [1.165, 1.54) is 12.1 Å². The number of anilines is 1. The summed E-state index contributed by atoms with van der Waals surface area (Å²) in [6, 6.07) is 4.48. The van der Waals surface area contributed by atoms with Crippen molar-refractivity contribution in [1.29, 1.82) is 0 Å². The maximum atomic E-state index is 13.1. The molecule has 1 aromatic heterocycles. The predicted octanol–water partition coefficient (Wildman–Crippen LogP) is 1.66. The topological polar surface area (TPSA) is 56.7 Å². The molecule has 16 heavy (non-hydrogen) atoms. The fourth-order valence-corrected chi connectivity index (χ4v) is 1.65. The summed E-state index contributed by atoms with van der Waals surface area (Å²) in [4.78, 5) is 4.18. The van der Waals surface area contributed by atoms with Gasteiger partial charge in [0.2, 0.25) is 0 Å². The molecule has 0 saturated carbocycles. The van der Waals surface area contributed by atoms with E-state index in [2.05, 4.69) is 10.1 Å². The third-order valence-electron chi connectivity index (χ3n) is 2.27. The largest absolute Gasteiger partial charge is 0.399 e. The Balaban J connectivity index is 2.30. The SMILES string of the molecule is Cc1nc(C)n(Cc2cc(N)cc(F)c2)n1. The number of nitrogens with zero attached hydrogens (tertiary/aromatic N) is 3. The number of hydrogen-bond acceptors (Lipinski definition) is 3. The second-order valence-electron chi connectivity index (χ2n) is 3.76. The van der Waals surface area contributed by atoms with Crippen LogP contribution in [-0.4, -0.2) is 14.8 Å². The molecule has 0 amide bonds. The zero-order chi connectivity index (χ0) is 11.7. The Bertz CT molecular complexity index is 498. The lowest BCUT2D eigenvalue weighted by Crippen LogP contribution is -2.05. The summed E-state index contributed by atoms with van der Waals surface area (Å²) in [5.41, 5.74) is 6.77. The van der Waals surface area contributed by atoms with Crippen molar-refractivity contribution in [2.45, 2.75) is 20.4 Å². The third-order valence-corrected chi connectivity index (χ3v) is 2.27. The quantitative estimate of drug-likeness (QED) is 0.783. The van der Waals surface area contributed by atoms with Crippen molar-refractivity contribution in [3.8, 4) is 0 Å². The highest BCUT2D eigenvalue weighted by atomic mass is 19.1. The first-order chi connectivity index (χ1) is 7.54. The number of aromatic nitrogens is 3.